The molecule has 4 heterocycles. The maximum absolute atomic E-state index is 13.5. The fourth-order valence-electron chi connectivity index (χ4n) is 5.22. The minimum Gasteiger partial charge on any atom is -0.436 e. The van der Waals surface area contributed by atoms with E-state index in [4.69, 9.17) is 4.42 Å². The molecule has 2 fully saturated rings. The number of amides is 2. The van der Waals surface area contributed by atoms with Crippen molar-refractivity contribution in [3.05, 3.63) is 60.1 Å². The Labute approximate surface area is 198 Å². The Balaban J connectivity index is 1.23. The third-order valence-corrected chi connectivity index (χ3v) is 6.94. The van der Waals surface area contributed by atoms with Crippen molar-refractivity contribution in [1.29, 1.82) is 0 Å². The zero-order valence-electron chi connectivity index (χ0n) is 19.2. The second kappa shape index (κ2) is 9.93. The summed E-state index contributed by atoms with van der Waals surface area (Å²) in [7, 11) is 0. The smallest absolute Gasteiger partial charge is 0.245 e. The molecule has 1 aromatic carbocycles. The van der Waals surface area contributed by atoms with Crippen LogP contribution in [0.2, 0.25) is 0 Å². The predicted octanol–water partition coefficient (Wildman–Crippen LogP) is 3.26. The minimum atomic E-state index is -1.03. The van der Waals surface area contributed by atoms with Crippen molar-refractivity contribution < 1.29 is 19.1 Å². The number of aliphatic hydroxyl groups excluding tert-OH is 1. The molecule has 5 rings (SSSR count). The summed E-state index contributed by atoms with van der Waals surface area (Å²) in [5.41, 5.74) is 2.17. The fourth-order valence-corrected chi connectivity index (χ4v) is 5.22. The third-order valence-electron chi connectivity index (χ3n) is 6.94. The first-order chi connectivity index (χ1) is 16.6. The Kier molecular flexibility index (Phi) is 6.58. The molecular weight excluding hydrogens is 432 g/mol. The zero-order valence-corrected chi connectivity index (χ0v) is 19.2. The van der Waals surface area contributed by atoms with Gasteiger partial charge in [0.15, 0.2) is 17.3 Å². The highest BCUT2D eigenvalue weighted by Gasteiger charge is 2.43. The van der Waals surface area contributed by atoms with E-state index in [2.05, 4.69) is 22.1 Å². The monoisotopic (exact) mass is 462 g/mol. The predicted molar refractivity (Wildman–Crippen MR) is 126 cm³/mol. The van der Waals surface area contributed by atoms with Crippen molar-refractivity contribution >= 4 is 23.0 Å². The maximum Gasteiger partial charge on any atom is 0.245 e. The maximum atomic E-state index is 13.5. The van der Waals surface area contributed by atoms with Gasteiger partial charge in [-0.1, -0.05) is 30.3 Å². The number of carbonyl (C=O) groups is 2. The van der Waals surface area contributed by atoms with E-state index in [0.29, 0.717) is 43.6 Å². The number of carbonyl (C=O) groups excluding carboxylic acids is 2. The Morgan fingerprint density at radius 1 is 1.06 bits per heavy atom. The Hall–Kier alpha value is -3.26. The van der Waals surface area contributed by atoms with Gasteiger partial charge in [-0.2, -0.15) is 4.98 Å². The van der Waals surface area contributed by atoms with Crippen molar-refractivity contribution in [2.24, 2.45) is 0 Å². The molecule has 0 saturated carbocycles. The van der Waals surface area contributed by atoms with E-state index in [9.17, 15) is 14.7 Å². The number of hydrogen-bond acceptors (Lipinski definition) is 6. The molecule has 3 atom stereocenters. The molecule has 8 heteroatoms. The van der Waals surface area contributed by atoms with Gasteiger partial charge in [0.25, 0.3) is 0 Å². The van der Waals surface area contributed by atoms with Crippen LogP contribution in [-0.2, 0) is 16.0 Å². The standard InChI is InChI=1S/C26H30N4O4/c31-22(14-4-10-18-8-2-1-3-9-18)29-16-7-12-20(29)26(33)30-17-6-11-19(30)23(32)25-28-24-21(34-25)13-5-15-27-24/h1-3,5,8-9,13,15,19-20,23,32H,4,6-7,10-12,14,16-17H2/t19-,20-,23?/m0/s1. The first-order valence-electron chi connectivity index (χ1n) is 12.2. The lowest BCUT2D eigenvalue weighted by Gasteiger charge is -2.32. The van der Waals surface area contributed by atoms with Crippen LogP contribution >= 0.6 is 0 Å². The van der Waals surface area contributed by atoms with E-state index < -0.39 is 18.2 Å². The molecule has 8 nitrogen and oxygen atoms in total. The zero-order chi connectivity index (χ0) is 23.5. The molecule has 2 saturated heterocycles. The Morgan fingerprint density at radius 2 is 1.85 bits per heavy atom. The number of aromatic nitrogens is 2. The Morgan fingerprint density at radius 3 is 2.68 bits per heavy atom. The summed E-state index contributed by atoms with van der Waals surface area (Å²) < 4.78 is 5.71. The molecule has 178 valence electrons. The number of pyridine rings is 1. The highest BCUT2D eigenvalue weighted by molar-refractivity contribution is 5.88. The van der Waals surface area contributed by atoms with Gasteiger partial charge in [0.05, 0.1) is 6.04 Å². The summed E-state index contributed by atoms with van der Waals surface area (Å²) in [6, 6.07) is 12.8. The Bertz CT molecular complexity index is 1110. The van der Waals surface area contributed by atoms with Gasteiger partial charge >= 0.3 is 0 Å². The van der Waals surface area contributed by atoms with Gasteiger partial charge in [-0.05, 0) is 56.2 Å². The van der Waals surface area contributed by atoms with E-state index in [1.807, 2.05) is 18.2 Å². The molecule has 2 aliphatic rings. The number of hydrogen-bond donors (Lipinski definition) is 1. The first kappa shape index (κ1) is 22.5. The highest BCUT2D eigenvalue weighted by atomic mass is 16.4. The van der Waals surface area contributed by atoms with Crippen molar-refractivity contribution in [3.63, 3.8) is 0 Å². The van der Waals surface area contributed by atoms with Gasteiger partial charge < -0.3 is 19.3 Å². The minimum absolute atomic E-state index is 0.0353. The molecule has 1 unspecified atom stereocenters. The van der Waals surface area contributed by atoms with Gasteiger partial charge in [-0.15, -0.1) is 0 Å². The summed E-state index contributed by atoms with van der Waals surface area (Å²) in [6.07, 6.45) is 5.57. The van der Waals surface area contributed by atoms with E-state index in [1.165, 1.54) is 5.56 Å². The largest absolute Gasteiger partial charge is 0.436 e. The molecule has 0 aliphatic carbocycles. The molecule has 0 bridgehead atoms. The fraction of sp³-hybridized carbons (Fsp3) is 0.462. The number of rotatable bonds is 7. The van der Waals surface area contributed by atoms with Gasteiger partial charge in [0, 0.05) is 25.7 Å². The van der Waals surface area contributed by atoms with Crippen LogP contribution in [0.25, 0.3) is 11.2 Å². The van der Waals surface area contributed by atoms with Gasteiger partial charge in [-0.25, -0.2) is 4.98 Å². The first-order valence-corrected chi connectivity index (χ1v) is 12.2. The summed E-state index contributed by atoms with van der Waals surface area (Å²) in [5.74, 6) is 0.136. The second-order valence-electron chi connectivity index (χ2n) is 9.15. The molecule has 3 aromatic rings. The lowest BCUT2D eigenvalue weighted by Crippen LogP contribution is -2.50. The quantitative estimate of drug-likeness (QED) is 0.579. The molecule has 34 heavy (non-hydrogen) atoms. The molecule has 1 N–H and O–H groups in total. The van der Waals surface area contributed by atoms with Gasteiger partial charge in [0.1, 0.15) is 6.04 Å². The van der Waals surface area contributed by atoms with Crippen LogP contribution in [0.4, 0.5) is 0 Å². The summed E-state index contributed by atoms with van der Waals surface area (Å²) in [5, 5.41) is 11.0. The highest BCUT2D eigenvalue weighted by Crippen LogP contribution is 2.32. The number of aliphatic hydroxyl groups is 1. The van der Waals surface area contributed by atoms with Crippen LogP contribution < -0.4 is 0 Å². The van der Waals surface area contributed by atoms with E-state index >= 15 is 0 Å². The van der Waals surface area contributed by atoms with Crippen LogP contribution in [-0.4, -0.2) is 61.9 Å². The molecule has 2 amide bonds. The van der Waals surface area contributed by atoms with E-state index in [-0.39, 0.29) is 17.7 Å². The number of benzene rings is 1. The van der Waals surface area contributed by atoms with Crippen molar-refractivity contribution in [2.75, 3.05) is 13.1 Å². The van der Waals surface area contributed by atoms with Gasteiger partial charge in [-0.3, -0.25) is 9.59 Å². The topological polar surface area (TPSA) is 99.8 Å². The molecule has 0 radical (unpaired) electrons. The SMILES string of the molecule is O=C(CCCc1ccccc1)N1CCC[C@H]1C(=O)N1CCC[C@H]1C(O)c1nc2ncccc2o1. The van der Waals surface area contributed by atoms with E-state index in [0.717, 1.165) is 25.7 Å². The van der Waals surface area contributed by atoms with Crippen LogP contribution in [0, 0.1) is 0 Å². The number of likely N-dealkylation sites (tertiary alicyclic amines) is 2. The molecular formula is C26H30N4O4. The summed E-state index contributed by atoms with van der Waals surface area (Å²) >= 11 is 0. The summed E-state index contributed by atoms with van der Waals surface area (Å²) in [4.78, 5) is 38.5. The van der Waals surface area contributed by atoms with E-state index in [1.54, 1.807) is 28.1 Å². The van der Waals surface area contributed by atoms with Crippen molar-refractivity contribution in [3.8, 4) is 0 Å². The lowest BCUT2D eigenvalue weighted by molar-refractivity contribution is -0.146. The molecule has 2 aromatic heterocycles. The van der Waals surface area contributed by atoms with Crippen LogP contribution in [0.1, 0.15) is 56.1 Å². The number of aryl methyl sites for hydroxylation is 1. The van der Waals surface area contributed by atoms with Crippen molar-refractivity contribution in [2.45, 2.75) is 63.1 Å². The molecule has 2 aliphatic heterocycles. The lowest BCUT2D eigenvalue weighted by atomic mass is 10.1. The second-order valence-corrected chi connectivity index (χ2v) is 9.15. The third kappa shape index (κ3) is 4.55. The normalized spacial score (nSPS) is 21.3. The van der Waals surface area contributed by atoms with Crippen LogP contribution in [0.5, 0.6) is 0 Å². The average Bonchev–Trinajstić information content (AvgIpc) is 3.63. The number of nitrogens with zero attached hydrogens (tertiary/aromatic N) is 4. The van der Waals surface area contributed by atoms with Crippen LogP contribution in [0.3, 0.4) is 0 Å². The van der Waals surface area contributed by atoms with Crippen molar-refractivity contribution in [1.82, 2.24) is 19.8 Å². The van der Waals surface area contributed by atoms with Crippen LogP contribution in [0.15, 0.2) is 53.1 Å². The summed E-state index contributed by atoms with van der Waals surface area (Å²) in [6.45, 7) is 1.17. The average molecular weight is 463 g/mol. The number of fused-ring (bicyclic) bond motifs is 1. The number of oxazole rings is 1. The molecule has 0 spiro atoms. The van der Waals surface area contributed by atoms with Gasteiger partial charge in [0.2, 0.25) is 17.7 Å².